The highest BCUT2D eigenvalue weighted by molar-refractivity contribution is 6.74. The van der Waals surface area contributed by atoms with Gasteiger partial charge in [0.2, 0.25) is 0 Å². The molecule has 0 aromatic rings. The van der Waals surface area contributed by atoms with Crippen LogP contribution >= 0.6 is 0 Å². The van der Waals surface area contributed by atoms with E-state index in [1.54, 1.807) is 0 Å². The first kappa shape index (κ1) is 14.9. The molecule has 0 saturated carbocycles. The van der Waals surface area contributed by atoms with E-state index in [9.17, 15) is 0 Å². The van der Waals surface area contributed by atoms with Crippen molar-refractivity contribution >= 4 is 8.32 Å². The van der Waals surface area contributed by atoms with Crippen molar-refractivity contribution in [1.82, 2.24) is 0 Å². The zero-order chi connectivity index (χ0) is 13.3. The number of epoxide rings is 1. The van der Waals surface area contributed by atoms with E-state index in [0.717, 1.165) is 19.4 Å². The van der Waals surface area contributed by atoms with E-state index in [0.29, 0.717) is 11.1 Å². The molecule has 100 valence electrons. The van der Waals surface area contributed by atoms with Crippen LogP contribution in [-0.4, -0.2) is 26.6 Å². The summed E-state index contributed by atoms with van der Waals surface area (Å²) in [5, 5.41) is 0.293. The van der Waals surface area contributed by atoms with Gasteiger partial charge in [-0.2, -0.15) is 0 Å². The maximum atomic E-state index is 6.15. The van der Waals surface area contributed by atoms with Crippen molar-refractivity contribution in [2.45, 2.75) is 70.4 Å². The normalized spacial score (nSPS) is 29.2. The third kappa shape index (κ3) is 3.67. The maximum Gasteiger partial charge on any atom is 0.191 e. The van der Waals surface area contributed by atoms with Crippen LogP contribution < -0.4 is 0 Å². The molecule has 0 unspecified atom stereocenters. The van der Waals surface area contributed by atoms with Gasteiger partial charge >= 0.3 is 0 Å². The first-order valence-electron chi connectivity index (χ1n) is 6.55. The van der Waals surface area contributed by atoms with Crippen molar-refractivity contribution in [3.8, 4) is 0 Å². The number of rotatable bonds is 6. The fraction of sp³-hybridized carbons (Fsp3) is 0.857. The van der Waals surface area contributed by atoms with Gasteiger partial charge in [0.05, 0.1) is 11.7 Å². The summed E-state index contributed by atoms with van der Waals surface area (Å²) in [6.45, 7) is 18.2. The molecule has 1 rings (SSSR count). The van der Waals surface area contributed by atoms with Crippen LogP contribution in [0.5, 0.6) is 0 Å². The zero-order valence-corrected chi connectivity index (χ0v) is 13.3. The van der Waals surface area contributed by atoms with Crippen molar-refractivity contribution in [2.75, 3.05) is 6.61 Å². The Bertz CT molecular complexity index is 280. The maximum absolute atomic E-state index is 6.15. The van der Waals surface area contributed by atoms with E-state index < -0.39 is 8.32 Å². The second kappa shape index (κ2) is 4.86. The van der Waals surface area contributed by atoms with Gasteiger partial charge in [0.1, 0.15) is 0 Å². The standard InChI is InChI=1S/C14H28O2Si/c1-8-10-14(5)12(16-14)9-11-15-17(6,7)13(2,3)4/h8,12H,1,9-11H2,2-7H3/t12-,14+/m0/s1. The first-order valence-corrected chi connectivity index (χ1v) is 9.46. The molecule has 0 aromatic heterocycles. The quantitative estimate of drug-likeness (QED) is 0.405. The molecule has 1 saturated heterocycles. The van der Waals surface area contributed by atoms with E-state index in [1.165, 1.54) is 0 Å². The Morgan fingerprint density at radius 1 is 1.41 bits per heavy atom. The van der Waals surface area contributed by atoms with E-state index in [2.05, 4.69) is 47.4 Å². The third-order valence-electron chi connectivity index (χ3n) is 4.23. The van der Waals surface area contributed by atoms with Crippen molar-refractivity contribution < 1.29 is 9.16 Å². The topological polar surface area (TPSA) is 21.8 Å². The summed E-state index contributed by atoms with van der Waals surface area (Å²) in [6, 6.07) is 0. The second-order valence-electron chi connectivity index (χ2n) is 6.81. The van der Waals surface area contributed by atoms with Gasteiger partial charge in [0.25, 0.3) is 0 Å². The van der Waals surface area contributed by atoms with Gasteiger partial charge in [-0.1, -0.05) is 26.8 Å². The molecule has 0 spiro atoms. The Labute approximate surface area is 108 Å². The summed E-state index contributed by atoms with van der Waals surface area (Å²) in [5.74, 6) is 0. The van der Waals surface area contributed by atoms with Crippen LogP contribution in [0.15, 0.2) is 12.7 Å². The van der Waals surface area contributed by atoms with E-state index in [-0.39, 0.29) is 5.60 Å². The van der Waals surface area contributed by atoms with Crippen LogP contribution in [0.25, 0.3) is 0 Å². The lowest BCUT2D eigenvalue weighted by atomic mass is 10.0. The summed E-state index contributed by atoms with van der Waals surface area (Å²) in [5.41, 5.74) is 0.0402. The van der Waals surface area contributed by atoms with Crippen molar-refractivity contribution in [3.63, 3.8) is 0 Å². The second-order valence-corrected chi connectivity index (χ2v) is 11.6. The molecule has 2 atom stereocenters. The van der Waals surface area contributed by atoms with Crippen LogP contribution in [0.3, 0.4) is 0 Å². The van der Waals surface area contributed by atoms with Gasteiger partial charge in [0, 0.05) is 6.61 Å². The molecule has 1 aliphatic heterocycles. The number of ether oxygens (including phenoxy) is 1. The predicted octanol–water partition coefficient (Wildman–Crippen LogP) is 4.13. The summed E-state index contributed by atoms with van der Waals surface area (Å²) in [6.07, 6.45) is 4.26. The molecule has 1 heterocycles. The molecule has 0 aromatic carbocycles. The molecule has 1 fully saturated rings. The van der Waals surface area contributed by atoms with Gasteiger partial charge in [-0.25, -0.2) is 0 Å². The minimum absolute atomic E-state index is 0.0402. The molecular formula is C14H28O2Si. The summed E-state index contributed by atoms with van der Waals surface area (Å²) >= 11 is 0. The molecule has 0 N–H and O–H groups in total. The molecule has 3 heteroatoms. The first-order chi connectivity index (χ1) is 7.62. The Balaban J connectivity index is 2.29. The molecular weight excluding hydrogens is 228 g/mol. The van der Waals surface area contributed by atoms with Gasteiger partial charge in [-0.15, -0.1) is 6.58 Å². The molecule has 1 aliphatic rings. The number of hydrogen-bond acceptors (Lipinski definition) is 2. The van der Waals surface area contributed by atoms with E-state index in [1.807, 2.05) is 6.08 Å². The van der Waals surface area contributed by atoms with Gasteiger partial charge in [-0.05, 0) is 37.9 Å². The average Bonchev–Trinajstić information content (AvgIpc) is 2.75. The minimum atomic E-state index is -1.58. The van der Waals surface area contributed by atoms with Crippen LogP contribution in [0.1, 0.15) is 40.5 Å². The lowest BCUT2D eigenvalue weighted by Gasteiger charge is -2.36. The predicted molar refractivity (Wildman–Crippen MR) is 75.9 cm³/mol. The monoisotopic (exact) mass is 256 g/mol. The minimum Gasteiger partial charge on any atom is -0.417 e. The zero-order valence-electron chi connectivity index (χ0n) is 12.3. The fourth-order valence-electron chi connectivity index (χ4n) is 1.76. The van der Waals surface area contributed by atoms with E-state index in [4.69, 9.17) is 9.16 Å². The molecule has 0 amide bonds. The smallest absolute Gasteiger partial charge is 0.191 e. The van der Waals surface area contributed by atoms with Gasteiger partial charge in [-0.3, -0.25) is 0 Å². The van der Waals surface area contributed by atoms with Crippen LogP contribution in [0.2, 0.25) is 18.1 Å². The van der Waals surface area contributed by atoms with Gasteiger partial charge < -0.3 is 9.16 Å². The molecule has 0 aliphatic carbocycles. The largest absolute Gasteiger partial charge is 0.417 e. The SMILES string of the molecule is C=CC[C@@]1(C)O[C@H]1CCO[Si](C)(C)C(C)(C)C. The average molecular weight is 256 g/mol. The van der Waals surface area contributed by atoms with Crippen LogP contribution in [0.4, 0.5) is 0 Å². The van der Waals surface area contributed by atoms with Crippen molar-refractivity contribution in [1.29, 1.82) is 0 Å². The fourth-order valence-corrected chi connectivity index (χ4v) is 2.82. The third-order valence-corrected chi connectivity index (χ3v) is 8.77. The lowest BCUT2D eigenvalue weighted by Crippen LogP contribution is -2.41. The lowest BCUT2D eigenvalue weighted by molar-refractivity contribution is 0.255. The number of hydrogen-bond donors (Lipinski definition) is 0. The molecule has 0 bridgehead atoms. The molecule has 0 radical (unpaired) electrons. The van der Waals surface area contributed by atoms with Crippen molar-refractivity contribution in [2.24, 2.45) is 0 Å². The Morgan fingerprint density at radius 3 is 2.47 bits per heavy atom. The Morgan fingerprint density at radius 2 is 2.00 bits per heavy atom. The van der Waals surface area contributed by atoms with Crippen LogP contribution in [-0.2, 0) is 9.16 Å². The van der Waals surface area contributed by atoms with Crippen LogP contribution in [0, 0.1) is 0 Å². The molecule has 2 nitrogen and oxygen atoms in total. The highest BCUT2D eigenvalue weighted by atomic mass is 28.4. The van der Waals surface area contributed by atoms with E-state index >= 15 is 0 Å². The summed E-state index contributed by atoms with van der Waals surface area (Å²) < 4.78 is 11.9. The Kier molecular flexibility index (Phi) is 4.27. The highest BCUT2D eigenvalue weighted by Crippen LogP contribution is 2.42. The Hall–Kier alpha value is -0.123. The van der Waals surface area contributed by atoms with Gasteiger partial charge in [0.15, 0.2) is 8.32 Å². The summed E-state index contributed by atoms with van der Waals surface area (Å²) in [4.78, 5) is 0. The highest BCUT2D eigenvalue weighted by Gasteiger charge is 2.50. The van der Waals surface area contributed by atoms with Crippen molar-refractivity contribution in [3.05, 3.63) is 12.7 Å². The summed E-state index contributed by atoms with van der Waals surface area (Å²) in [7, 11) is -1.58. The molecule has 17 heavy (non-hydrogen) atoms.